The van der Waals surface area contributed by atoms with E-state index in [0.717, 1.165) is 46.8 Å². The molecule has 3 N–H and O–H groups in total. The van der Waals surface area contributed by atoms with Crippen LogP contribution in [0.5, 0.6) is 0 Å². The van der Waals surface area contributed by atoms with Crippen LogP contribution in [0.1, 0.15) is 12.0 Å². The number of aromatic nitrogens is 3. The summed E-state index contributed by atoms with van der Waals surface area (Å²) >= 11 is 1.65. The summed E-state index contributed by atoms with van der Waals surface area (Å²) in [4.78, 5) is 14.0. The lowest BCUT2D eigenvalue weighted by Gasteiger charge is -2.14. The number of nitrogens with zero attached hydrogens (tertiary/aromatic N) is 4. The molecule has 0 bridgehead atoms. The first kappa shape index (κ1) is 18.5. The van der Waals surface area contributed by atoms with E-state index >= 15 is 0 Å². The second-order valence-electron chi connectivity index (χ2n) is 7.11. The van der Waals surface area contributed by atoms with E-state index in [0.29, 0.717) is 23.2 Å². The van der Waals surface area contributed by atoms with Gasteiger partial charge in [0.1, 0.15) is 11.6 Å². The van der Waals surface area contributed by atoms with Crippen molar-refractivity contribution in [2.24, 2.45) is 0 Å². The molecule has 8 heteroatoms. The molecular formula is C22H19N7S. The Morgan fingerprint density at radius 2 is 2.03 bits per heavy atom. The van der Waals surface area contributed by atoms with Crippen LogP contribution in [0.15, 0.2) is 54.0 Å². The Labute approximate surface area is 177 Å². The molecule has 0 amide bonds. The minimum Gasteiger partial charge on any atom is -0.365 e. The zero-order chi connectivity index (χ0) is 20.3. The number of rotatable bonds is 5. The number of hydrogen-bond acceptors (Lipinski definition) is 8. The predicted molar refractivity (Wildman–Crippen MR) is 120 cm³/mol. The molecule has 148 valence electrons. The third-order valence-electron chi connectivity index (χ3n) is 5.01. The summed E-state index contributed by atoms with van der Waals surface area (Å²) in [6.07, 6.45) is 2.83. The topological polar surface area (TPSA) is 98.5 Å². The number of benzene rings is 1. The van der Waals surface area contributed by atoms with Gasteiger partial charge in [0.2, 0.25) is 0 Å². The van der Waals surface area contributed by atoms with Crippen LogP contribution in [0.2, 0.25) is 0 Å². The Morgan fingerprint density at radius 3 is 2.83 bits per heavy atom. The Hall–Kier alpha value is -3.54. The fraction of sp³-hybridized carbons (Fsp3) is 0.182. The Kier molecular flexibility index (Phi) is 4.97. The van der Waals surface area contributed by atoms with E-state index in [1.807, 2.05) is 35.7 Å². The molecule has 1 atom stereocenters. The van der Waals surface area contributed by atoms with Gasteiger partial charge in [0.25, 0.3) is 0 Å². The molecule has 1 aromatic carbocycles. The summed E-state index contributed by atoms with van der Waals surface area (Å²) < 4.78 is 1.08. The van der Waals surface area contributed by atoms with Crippen LogP contribution in [0.4, 0.5) is 17.3 Å². The van der Waals surface area contributed by atoms with Crippen molar-refractivity contribution in [3.8, 4) is 17.5 Å². The van der Waals surface area contributed by atoms with Crippen LogP contribution in [-0.4, -0.2) is 34.1 Å². The van der Waals surface area contributed by atoms with Crippen molar-refractivity contribution in [1.29, 1.82) is 5.26 Å². The number of hydrogen-bond donors (Lipinski definition) is 3. The standard InChI is InChI=1S/C22H19N7S/c23-12-14-1-3-16(4-2-14)26-19-11-15(5-9-25-19)21-28-18-7-10-30-20(18)22(29-21)27-17-6-8-24-13-17/h1-5,7,9-11,17,24H,6,8,13H2,(H,25,26)(H,27,28,29). The van der Waals surface area contributed by atoms with Crippen molar-refractivity contribution in [1.82, 2.24) is 20.3 Å². The van der Waals surface area contributed by atoms with E-state index < -0.39 is 0 Å². The molecule has 0 aliphatic carbocycles. The first-order chi connectivity index (χ1) is 14.8. The largest absolute Gasteiger partial charge is 0.365 e. The van der Waals surface area contributed by atoms with Gasteiger partial charge in [-0.25, -0.2) is 15.0 Å². The lowest BCUT2D eigenvalue weighted by Crippen LogP contribution is -2.22. The molecule has 1 aliphatic rings. The van der Waals surface area contributed by atoms with Crippen molar-refractivity contribution in [3.63, 3.8) is 0 Å². The summed E-state index contributed by atoms with van der Waals surface area (Å²) in [6.45, 7) is 1.97. The minimum atomic E-state index is 0.379. The molecule has 30 heavy (non-hydrogen) atoms. The molecular weight excluding hydrogens is 394 g/mol. The summed E-state index contributed by atoms with van der Waals surface area (Å²) in [5.41, 5.74) is 3.32. The predicted octanol–water partition coefficient (Wildman–Crippen LogP) is 4.14. The maximum absolute atomic E-state index is 8.95. The normalized spacial score (nSPS) is 15.8. The highest BCUT2D eigenvalue weighted by atomic mass is 32.1. The second kappa shape index (κ2) is 8.06. The number of pyridine rings is 1. The summed E-state index contributed by atoms with van der Waals surface area (Å²) in [6, 6.07) is 15.6. The molecule has 3 aromatic heterocycles. The molecule has 7 nitrogen and oxygen atoms in total. The average molecular weight is 414 g/mol. The van der Waals surface area contributed by atoms with Gasteiger partial charge in [-0.05, 0) is 60.8 Å². The maximum atomic E-state index is 8.95. The second-order valence-corrected chi connectivity index (χ2v) is 8.02. The summed E-state index contributed by atoms with van der Waals surface area (Å²) in [5.74, 6) is 2.25. The molecule has 1 unspecified atom stereocenters. The molecule has 0 saturated carbocycles. The van der Waals surface area contributed by atoms with Crippen LogP contribution in [0, 0.1) is 11.3 Å². The molecule has 0 spiro atoms. The Morgan fingerprint density at radius 1 is 1.13 bits per heavy atom. The van der Waals surface area contributed by atoms with Gasteiger partial charge in [-0.1, -0.05) is 0 Å². The highest BCUT2D eigenvalue weighted by molar-refractivity contribution is 7.17. The van der Waals surface area contributed by atoms with E-state index in [4.69, 9.17) is 15.2 Å². The number of anilines is 3. The molecule has 1 fully saturated rings. The first-order valence-electron chi connectivity index (χ1n) is 9.74. The SMILES string of the molecule is N#Cc1ccc(Nc2cc(-c3nc(NC4CCNC4)c4sccc4n3)ccn2)cc1. The van der Waals surface area contributed by atoms with E-state index in [1.54, 1.807) is 29.7 Å². The number of fused-ring (bicyclic) bond motifs is 1. The van der Waals surface area contributed by atoms with E-state index in [2.05, 4.69) is 27.0 Å². The van der Waals surface area contributed by atoms with Crippen LogP contribution in [0.3, 0.4) is 0 Å². The zero-order valence-electron chi connectivity index (χ0n) is 16.1. The molecule has 1 saturated heterocycles. The van der Waals surface area contributed by atoms with Crippen LogP contribution in [0.25, 0.3) is 21.6 Å². The lowest BCUT2D eigenvalue weighted by atomic mass is 10.2. The highest BCUT2D eigenvalue weighted by Crippen LogP contribution is 2.30. The minimum absolute atomic E-state index is 0.379. The zero-order valence-corrected chi connectivity index (χ0v) is 16.9. The quantitative estimate of drug-likeness (QED) is 0.452. The maximum Gasteiger partial charge on any atom is 0.162 e. The van der Waals surface area contributed by atoms with Crippen molar-refractivity contribution in [2.75, 3.05) is 23.7 Å². The van der Waals surface area contributed by atoms with Gasteiger partial charge < -0.3 is 16.0 Å². The van der Waals surface area contributed by atoms with Gasteiger partial charge in [-0.15, -0.1) is 11.3 Å². The van der Waals surface area contributed by atoms with Crippen molar-refractivity contribution in [2.45, 2.75) is 12.5 Å². The van der Waals surface area contributed by atoms with Crippen LogP contribution < -0.4 is 16.0 Å². The van der Waals surface area contributed by atoms with E-state index in [9.17, 15) is 0 Å². The molecule has 4 heterocycles. The average Bonchev–Trinajstić information content (AvgIpc) is 3.46. The molecule has 5 rings (SSSR count). The third-order valence-corrected chi connectivity index (χ3v) is 5.92. The van der Waals surface area contributed by atoms with Gasteiger partial charge in [0, 0.05) is 30.0 Å². The molecule has 4 aromatic rings. The van der Waals surface area contributed by atoms with E-state index in [-0.39, 0.29) is 0 Å². The van der Waals surface area contributed by atoms with Crippen LogP contribution >= 0.6 is 11.3 Å². The number of nitrogens with one attached hydrogen (secondary N) is 3. The highest BCUT2D eigenvalue weighted by Gasteiger charge is 2.18. The Balaban J connectivity index is 1.46. The fourth-order valence-electron chi connectivity index (χ4n) is 3.48. The van der Waals surface area contributed by atoms with Crippen molar-refractivity contribution >= 4 is 38.9 Å². The summed E-state index contributed by atoms with van der Waals surface area (Å²) in [5, 5.41) is 21.2. The number of nitriles is 1. The van der Waals surface area contributed by atoms with Crippen molar-refractivity contribution in [3.05, 3.63) is 59.6 Å². The van der Waals surface area contributed by atoms with Gasteiger partial charge in [-0.3, -0.25) is 0 Å². The smallest absolute Gasteiger partial charge is 0.162 e. The lowest BCUT2D eigenvalue weighted by molar-refractivity contribution is 0.789. The molecule has 0 radical (unpaired) electrons. The van der Waals surface area contributed by atoms with Gasteiger partial charge in [0.05, 0.1) is 21.8 Å². The van der Waals surface area contributed by atoms with Crippen LogP contribution in [-0.2, 0) is 0 Å². The van der Waals surface area contributed by atoms with Crippen molar-refractivity contribution < 1.29 is 0 Å². The van der Waals surface area contributed by atoms with Gasteiger partial charge in [-0.2, -0.15) is 5.26 Å². The first-order valence-corrected chi connectivity index (χ1v) is 10.6. The Bertz CT molecular complexity index is 1220. The van der Waals surface area contributed by atoms with Gasteiger partial charge in [0.15, 0.2) is 5.82 Å². The monoisotopic (exact) mass is 413 g/mol. The summed E-state index contributed by atoms with van der Waals surface area (Å²) in [7, 11) is 0. The molecule has 1 aliphatic heterocycles. The fourth-order valence-corrected chi connectivity index (χ4v) is 4.26. The van der Waals surface area contributed by atoms with Gasteiger partial charge >= 0.3 is 0 Å². The number of thiophene rings is 1. The third kappa shape index (κ3) is 3.81. The van der Waals surface area contributed by atoms with E-state index in [1.165, 1.54) is 0 Å².